The van der Waals surface area contributed by atoms with Crippen molar-refractivity contribution in [2.45, 2.75) is 32.1 Å². The molecule has 4 N–H and O–H groups in total. The van der Waals surface area contributed by atoms with Crippen molar-refractivity contribution >= 4 is 22.7 Å². The maximum absolute atomic E-state index is 13.9. The Bertz CT molecular complexity index is 970. The first kappa shape index (κ1) is 18.5. The lowest BCUT2D eigenvalue weighted by atomic mass is 9.79. The van der Waals surface area contributed by atoms with Gasteiger partial charge in [-0.3, -0.25) is 0 Å². The SMILES string of the molecule is Nc1nc(N)c2c(OCC3CCC(Cc4ccccc4F)CC3)cccc2n1. The molecule has 0 atom stereocenters. The van der Waals surface area contributed by atoms with Crippen LogP contribution in [0.1, 0.15) is 31.2 Å². The zero-order chi connectivity index (χ0) is 19.5. The summed E-state index contributed by atoms with van der Waals surface area (Å²) < 4.78 is 20.0. The van der Waals surface area contributed by atoms with Gasteiger partial charge >= 0.3 is 0 Å². The third-order valence-corrected chi connectivity index (χ3v) is 5.64. The average Bonchev–Trinajstić information content (AvgIpc) is 2.69. The molecule has 1 aromatic heterocycles. The molecule has 1 aliphatic rings. The van der Waals surface area contributed by atoms with Crippen LogP contribution in [0.2, 0.25) is 0 Å². The molecule has 5 nitrogen and oxygen atoms in total. The quantitative estimate of drug-likeness (QED) is 0.687. The summed E-state index contributed by atoms with van der Waals surface area (Å²) in [5, 5.41) is 0.713. The van der Waals surface area contributed by atoms with Crippen LogP contribution in [0.3, 0.4) is 0 Å². The minimum Gasteiger partial charge on any atom is -0.492 e. The largest absolute Gasteiger partial charge is 0.492 e. The minimum atomic E-state index is -0.0932. The zero-order valence-electron chi connectivity index (χ0n) is 15.8. The normalized spacial score (nSPS) is 19.6. The van der Waals surface area contributed by atoms with Crippen molar-refractivity contribution in [2.75, 3.05) is 18.1 Å². The Balaban J connectivity index is 1.35. The van der Waals surface area contributed by atoms with Crippen molar-refractivity contribution in [1.29, 1.82) is 0 Å². The lowest BCUT2D eigenvalue weighted by Gasteiger charge is -2.28. The number of rotatable bonds is 5. The molecule has 6 heteroatoms. The summed E-state index contributed by atoms with van der Waals surface area (Å²) >= 11 is 0. The van der Waals surface area contributed by atoms with Gasteiger partial charge in [-0.25, -0.2) is 9.37 Å². The molecule has 2 aromatic carbocycles. The highest BCUT2D eigenvalue weighted by molar-refractivity contribution is 5.94. The Morgan fingerprint density at radius 3 is 2.46 bits per heavy atom. The summed E-state index contributed by atoms with van der Waals surface area (Å²) in [6.45, 7) is 0.634. The first-order valence-corrected chi connectivity index (χ1v) is 9.78. The lowest BCUT2D eigenvalue weighted by Crippen LogP contribution is -2.21. The van der Waals surface area contributed by atoms with E-state index in [4.69, 9.17) is 16.2 Å². The molecule has 0 spiro atoms. The van der Waals surface area contributed by atoms with E-state index in [2.05, 4.69) is 9.97 Å². The fourth-order valence-electron chi connectivity index (χ4n) is 4.10. The van der Waals surface area contributed by atoms with Crippen LogP contribution in [0.4, 0.5) is 16.2 Å². The zero-order valence-corrected chi connectivity index (χ0v) is 15.8. The number of fused-ring (bicyclic) bond motifs is 1. The second kappa shape index (κ2) is 8.00. The van der Waals surface area contributed by atoms with Crippen LogP contribution in [-0.4, -0.2) is 16.6 Å². The van der Waals surface area contributed by atoms with Gasteiger partial charge in [0.1, 0.15) is 17.4 Å². The molecule has 146 valence electrons. The molecule has 0 aliphatic heterocycles. The molecule has 0 amide bonds. The third kappa shape index (κ3) is 4.01. The van der Waals surface area contributed by atoms with Gasteiger partial charge in [0.15, 0.2) is 0 Å². The van der Waals surface area contributed by atoms with Crippen molar-refractivity contribution in [2.24, 2.45) is 11.8 Å². The van der Waals surface area contributed by atoms with E-state index in [-0.39, 0.29) is 11.8 Å². The topological polar surface area (TPSA) is 87.0 Å². The lowest BCUT2D eigenvalue weighted by molar-refractivity contribution is 0.183. The van der Waals surface area contributed by atoms with Gasteiger partial charge in [-0.15, -0.1) is 0 Å². The van der Waals surface area contributed by atoms with Crippen LogP contribution in [0, 0.1) is 17.7 Å². The van der Waals surface area contributed by atoms with Crippen molar-refractivity contribution in [3.8, 4) is 5.75 Å². The van der Waals surface area contributed by atoms with Gasteiger partial charge in [-0.2, -0.15) is 4.98 Å². The molecule has 0 unspecified atom stereocenters. The number of halogens is 1. The first-order chi connectivity index (χ1) is 13.6. The van der Waals surface area contributed by atoms with Gasteiger partial charge < -0.3 is 16.2 Å². The van der Waals surface area contributed by atoms with Crippen LogP contribution in [-0.2, 0) is 6.42 Å². The number of nitrogen functional groups attached to an aromatic ring is 2. The molecule has 1 saturated carbocycles. The van der Waals surface area contributed by atoms with E-state index >= 15 is 0 Å². The monoisotopic (exact) mass is 380 g/mol. The predicted molar refractivity (Wildman–Crippen MR) is 109 cm³/mol. The van der Waals surface area contributed by atoms with Crippen LogP contribution < -0.4 is 16.2 Å². The molecular weight excluding hydrogens is 355 g/mol. The highest BCUT2D eigenvalue weighted by atomic mass is 19.1. The van der Waals surface area contributed by atoms with Crippen molar-refractivity contribution < 1.29 is 9.13 Å². The fourth-order valence-corrected chi connectivity index (χ4v) is 4.10. The molecule has 0 bridgehead atoms. The molecule has 1 fully saturated rings. The fraction of sp³-hybridized carbons (Fsp3) is 0.364. The summed E-state index contributed by atoms with van der Waals surface area (Å²) in [6, 6.07) is 12.7. The molecule has 0 radical (unpaired) electrons. The molecule has 3 aromatic rings. The number of nitrogens with two attached hydrogens (primary N) is 2. The van der Waals surface area contributed by atoms with E-state index in [1.165, 1.54) is 0 Å². The Hall–Kier alpha value is -2.89. The molecule has 28 heavy (non-hydrogen) atoms. The van der Waals surface area contributed by atoms with Crippen molar-refractivity contribution in [3.05, 3.63) is 53.8 Å². The smallest absolute Gasteiger partial charge is 0.222 e. The summed E-state index contributed by atoms with van der Waals surface area (Å²) in [5.74, 6) is 2.13. The van der Waals surface area contributed by atoms with Crippen molar-refractivity contribution in [3.63, 3.8) is 0 Å². The van der Waals surface area contributed by atoms with Crippen LogP contribution in [0.5, 0.6) is 5.75 Å². The Kier molecular flexibility index (Phi) is 5.28. The number of aromatic nitrogens is 2. The van der Waals surface area contributed by atoms with Crippen LogP contribution >= 0.6 is 0 Å². The average molecular weight is 380 g/mol. The Labute approximate surface area is 163 Å². The number of hydrogen-bond acceptors (Lipinski definition) is 5. The van der Waals surface area contributed by atoms with Gasteiger partial charge in [-0.05, 0) is 67.7 Å². The summed E-state index contributed by atoms with van der Waals surface area (Å²) in [5.41, 5.74) is 13.2. The summed E-state index contributed by atoms with van der Waals surface area (Å²) in [4.78, 5) is 8.27. The predicted octanol–water partition coefficient (Wildman–Crippen LogP) is 4.36. The van der Waals surface area contributed by atoms with Gasteiger partial charge in [0.25, 0.3) is 0 Å². The number of nitrogens with zero attached hydrogens (tertiary/aromatic N) is 2. The van der Waals surface area contributed by atoms with E-state index in [9.17, 15) is 4.39 Å². The van der Waals surface area contributed by atoms with E-state index in [1.54, 1.807) is 12.1 Å². The molecule has 0 saturated heterocycles. The van der Waals surface area contributed by atoms with E-state index in [1.807, 2.05) is 30.3 Å². The minimum absolute atomic E-state index is 0.0932. The van der Waals surface area contributed by atoms with Gasteiger partial charge in [0.2, 0.25) is 5.95 Å². The number of ether oxygens (including phenoxy) is 1. The second-order valence-corrected chi connectivity index (χ2v) is 7.61. The van der Waals surface area contributed by atoms with E-state index in [0.717, 1.165) is 37.7 Å². The molecular formula is C22H25FN4O. The molecule has 4 rings (SSSR count). The van der Waals surface area contributed by atoms with Gasteiger partial charge in [-0.1, -0.05) is 24.3 Å². The van der Waals surface area contributed by atoms with Crippen molar-refractivity contribution in [1.82, 2.24) is 9.97 Å². The standard InChI is InChI=1S/C22H25FN4O/c23-17-5-2-1-4-16(17)12-14-8-10-15(11-9-14)13-28-19-7-3-6-18-20(19)21(24)27-22(25)26-18/h1-7,14-15H,8-13H2,(H4,24,25,26,27). The van der Waals surface area contributed by atoms with Crippen LogP contribution in [0.25, 0.3) is 10.9 Å². The Morgan fingerprint density at radius 2 is 1.68 bits per heavy atom. The van der Waals surface area contributed by atoms with E-state index < -0.39 is 0 Å². The highest BCUT2D eigenvalue weighted by Gasteiger charge is 2.23. The Morgan fingerprint density at radius 1 is 0.929 bits per heavy atom. The summed E-state index contributed by atoms with van der Waals surface area (Å²) in [6.07, 6.45) is 5.18. The highest BCUT2D eigenvalue weighted by Crippen LogP contribution is 2.34. The van der Waals surface area contributed by atoms with Gasteiger partial charge in [0, 0.05) is 0 Å². The van der Waals surface area contributed by atoms with Gasteiger partial charge in [0.05, 0.1) is 17.5 Å². The number of anilines is 2. The first-order valence-electron chi connectivity index (χ1n) is 9.78. The summed E-state index contributed by atoms with van der Waals surface area (Å²) in [7, 11) is 0. The number of hydrogen-bond donors (Lipinski definition) is 2. The van der Waals surface area contributed by atoms with Crippen LogP contribution in [0.15, 0.2) is 42.5 Å². The maximum atomic E-state index is 13.9. The number of benzene rings is 2. The third-order valence-electron chi connectivity index (χ3n) is 5.64. The molecule has 1 heterocycles. The molecule has 1 aliphatic carbocycles. The van der Waals surface area contributed by atoms with E-state index in [0.29, 0.717) is 40.9 Å². The second-order valence-electron chi connectivity index (χ2n) is 7.61. The maximum Gasteiger partial charge on any atom is 0.222 e.